The Morgan fingerprint density at radius 1 is 0.914 bits per heavy atom. The average Bonchev–Trinajstić information content (AvgIpc) is 3.33. The second kappa shape index (κ2) is 13.4. The van der Waals surface area contributed by atoms with Crippen LogP contribution in [-0.4, -0.2) is 20.8 Å². The zero-order valence-electron chi connectivity index (χ0n) is 23.5. The predicted molar refractivity (Wildman–Crippen MR) is 146 cm³/mol. The molecule has 1 saturated heterocycles. The van der Waals surface area contributed by atoms with E-state index >= 15 is 0 Å². The van der Waals surface area contributed by atoms with Gasteiger partial charge >= 0.3 is 5.91 Å². The molecule has 0 N–H and O–H groups in total. The monoisotopic (exact) mass is 534 g/mol. The van der Waals surface area contributed by atoms with Gasteiger partial charge in [0.1, 0.15) is 12.5 Å². The summed E-state index contributed by atoms with van der Waals surface area (Å²) < 4.78 is 6.28. The Kier molecular flexibility index (Phi) is 12.4. The number of carbonyl (C=O) groups excluding carboxylic acids is 1. The first-order chi connectivity index (χ1) is 15.7. The van der Waals surface area contributed by atoms with E-state index in [9.17, 15) is 4.79 Å². The van der Waals surface area contributed by atoms with E-state index in [2.05, 4.69) is 68.5 Å². The van der Waals surface area contributed by atoms with E-state index in [1.165, 1.54) is 29.6 Å². The van der Waals surface area contributed by atoms with Gasteiger partial charge in [-0.05, 0) is 60.2 Å². The number of rotatable bonds is 5. The van der Waals surface area contributed by atoms with Crippen molar-refractivity contribution in [1.29, 1.82) is 0 Å². The van der Waals surface area contributed by atoms with E-state index < -0.39 is 8.32 Å². The molecule has 3 rings (SSSR count). The molecule has 1 aliphatic heterocycles. The predicted octanol–water partition coefficient (Wildman–Crippen LogP) is 7.56. The van der Waals surface area contributed by atoms with Crippen LogP contribution in [0.1, 0.15) is 73.8 Å². The maximum atomic E-state index is 12.9. The molecular formula is C30H44FeNO2Si+. The van der Waals surface area contributed by atoms with Crippen LogP contribution in [0.15, 0.2) is 30.3 Å². The van der Waals surface area contributed by atoms with Crippen molar-refractivity contribution < 1.29 is 26.3 Å². The Bertz CT molecular complexity index is 733. The Hall–Kier alpha value is -0.454. The summed E-state index contributed by atoms with van der Waals surface area (Å²) in [4.78, 5) is 14.6. The molecule has 1 amide bonds. The van der Waals surface area contributed by atoms with Crippen LogP contribution in [0.4, 0.5) is 0 Å². The smallest absolute Gasteiger partial charge is 0.369 e. The van der Waals surface area contributed by atoms with E-state index in [0.29, 0.717) is 6.61 Å². The van der Waals surface area contributed by atoms with Crippen molar-refractivity contribution in [2.45, 2.75) is 86.4 Å². The Labute approximate surface area is 228 Å². The minimum atomic E-state index is -1.83. The van der Waals surface area contributed by atoms with E-state index in [0.717, 1.165) is 11.6 Å². The maximum absolute atomic E-state index is 12.9. The molecule has 10 radical (unpaired) electrons. The van der Waals surface area contributed by atoms with E-state index in [-0.39, 0.29) is 33.9 Å². The molecule has 1 heterocycles. The number of hydrogen-bond donors (Lipinski definition) is 0. The number of likely N-dealkylation sites (tertiary alicyclic amines) is 1. The third-order valence-corrected chi connectivity index (χ3v) is 12.4. The molecular weight excluding hydrogens is 490 g/mol. The number of amides is 1. The molecule has 0 aromatic heterocycles. The van der Waals surface area contributed by atoms with Crippen molar-refractivity contribution in [3.8, 4) is 0 Å². The first-order valence-corrected chi connectivity index (χ1v) is 15.2. The van der Waals surface area contributed by atoms with Gasteiger partial charge in [-0.1, -0.05) is 90.6 Å². The van der Waals surface area contributed by atoms with Gasteiger partial charge in [0.15, 0.2) is 8.32 Å². The first-order valence-electron chi connectivity index (χ1n) is 12.3. The van der Waals surface area contributed by atoms with Crippen LogP contribution in [0.3, 0.4) is 0 Å². The zero-order valence-corrected chi connectivity index (χ0v) is 25.6. The number of benzene rings is 1. The Morgan fingerprint density at radius 3 is 1.80 bits per heavy atom. The summed E-state index contributed by atoms with van der Waals surface area (Å²) in [5.74, 6) is 7.25. The van der Waals surface area contributed by atoms with Crippen LogP contribution in [-0.2, 0) is 26.3 Å². The normalized spacial score (nSPS) is 21.0. The van der Waals surface area contributed by atoms with E-state index in [4.69, 9.17) is 4.43 Å². The second-order valence-corrected chi connectivity index (χ2v) is 15.8. The van der Waals surface area contributed by atoms with Crippen molar-refractivity contribution in [2.24, 2.45) is 0 Å². The summed E-state index contributed by atoms with van der Waals surface area (Å²) in [6.45, 7) is 26.4. The molecule has 1 aliphatic carbocycles. The molecule has 5 heteroatoms. The van der Waals surface area contributed by atoms with E-state index in [1.54, 1.807) is 4.90 Å². The maximum Gasteiger partial charge on any atom is 0.369 e. The quantitative estimate of drug-likeness (QED) is 0.288. The summed E-state index contributed by atoms with van der Waals surface area (Å²) in [6.07, 6.45) is 3.89. The van der Waals surface area contributed by atoms with Crippen LogP contribution < -0.4 is 4.90 Å². The fraction of sp³-hybridized carbons (Fsp3) is 0.467. The zero-order chi connectivity index (χ0) is 25.8. The molecule has 192 valence electrons. The number of nitrogens with zero attached hydrogens (tertiary/aromatic N) is 1. The van der Waals surface area contributed by atoms with Crippen molar-refractivity contribution in [2.75, 3.05) is 6.61 Å². The Balaban J connectivity index is 0.000000468. The van der Waals surface area contributed by atoms with Gasteiger partial charge in [0, 0.05) is 29.9 Å². The van der Waals surface area contributed by atoms with Gasteiger partial charge < -0.3 is 4.43 Å². The van der Waals surface area contributed by atoms with Crippen molar-refractivity contribution >= 4 is 14.2 Å². The molecule has 0 spiro atoms. The van der Waals surface area contributed by atoms with Crippen molar-refractivity contribution in [1.82, 2.24) is 4.90 Å². The fourth-order valence-electron chi connectivity index (χ4n) is 3.72. The molecule has 3 nitrogen and oxygen atoms in total. The van der Waals surface area contributed by atoms with Gasteiger partial charge in [-0.25, -0.2) is 4.79 Å². The van der Waals surface area contributed by atoms with Gasteiger partial charge in [-0.3, -0.25) is 0 Å². The third-order valence-electron chi connectivity index (χ3n) is 7.94. The fourth-order valence-corrected chi connectivity index (χ4v) is 4.66. The summed E-state index contributed by atoms with van der Waals surface area (Å²) in [6, 6.07) is 10.8. The largest absolute Gasteiger partial charge is 0.410 e. The Morgan fingerprint density at radius 2 is 1.37 bits per heavy atom. The summed E-state index contributed by atoms with van der Waals surface area (Å²) in [5, 5.41) is 0.158. The SMILES string of the molecule is CC(C(=O)[N+]1[CH][CH][CH][C]1CO[Si](C)(C)C(C)(C)C)c1ccccc1.C[C]1[C](C)[C](C)[C](C)[C]1C.[Fe]. The molecule has 1 unspecified atom stereocenters. The molecule has 1 aromatic rings. The number of carbonyl (C=O) groups is 1. The van der Waals surface area contributed by atoms with Crippen LogP contribution >= 0.6 is 0 Å². The first kappa shape index (κ1) is 32.6. The summed E-state index contributed by atoms with van der Waals surface area (Å²) >= 11 is 0. The molecule has 35 heavy (non-hydrogen) atoms. The molecule has 1 saturated carbocycles. The summed E-state index contributed by atoms with van der Waals surface area (Å²) in [5.41, 5.74) is 1.03. The van der Waals surface area contributed by atoms with Crippen molar-refractivity contribution in [3.05, 3.63) is 90.9 Å². The van der Waals surface area contributed by atoms with Crippen molar-refractivity contribution in [3.63, 3.8) is 0 Å². The van der Waals surface area contributed by atoms with E-state index in [1.807, 2.05) is 56.6 Å². The van der Waals surface area contributed by atoms with Crippen LogP contribution in [0.25, 0.3) is 0 Å². The molecule has 1 atom stereocenters. The average molecular weight is 535 g/mol. The number of hydrogen-bond acceptors (Lipinski definition) is 2. The third kappa shape index (κ3) is 8.01. The van der Waals surface area contributed by atoms with Crippen LogP contribution in [0.5, 0.6) is 0 Å². The van der Waals surface area contributed by atoms with Gasteiger partial charge in [0.05, 0.1) is 0 Å². The second-order valence-electron chi connectivity index (χ2n) is 11.0. The minimum absolute atomic E-state index is 0. The summed E-state index contributed by atoms with van der Waals surface area (Å²) in [7, 11) is -1.83. The van der Waals surface area contributed by atoms with Crippen LogP contribution in [0, 0.1) is 55.0 Å². The van der Waals surface area contributed by atoms with Gasteiger partial charge in [0.25, 0.3) is 0 Å². The van der Waals surface area contributed by atoms with Gasteiger partial charge in [-0.2, -0.15) is 0 Å². The molecule has 1 aromatic carbocycles. The molecule has 0 bridgehead atoms. The van der Waals surface area contributed by atoms with Gasteiger partial charge in [0.2, 0.25) is 12.6 Å². The standard InChI is InChI=1S/C20H29NO2Si.C10H15.Fe/c1-16(17-11-8-7-9-12-17)19(22)21-14-10-13-18(21)15-23-24(5,6)20(2,3)4;1-6-7(2)9(4)10(5)8(6)3;/h7-14,16H,15H2,1-6H3;1-5H3;/q+1;;. The molecule has 2 fully saturated rings. The minimum Gasteiger partial charge on any atom is -0.410 e. The van der Waals surface area contributed by atoms with Crippen LogP contribution in [0.2, 0.25) is 18.1 Å². The van der Waals surface area contributed by atoms with Gasteiger partial charge in [-0.15, -0.1) is 0 Å². The molecule has 2 aliphatic rings. The topological polar surface area (TPSA) is 32.2 Å².